The van der Waals surface area contributed by atoms with Gasteiger partial charge in [0.15, 0.2) is 6.61 Å². The second kappa shape index (κ2) is 10.6. The van der Waals surface area contributed by atoms with Gasteiger partial charge in [-0.25, -0.2) is 10.2 Å². The van der Waals surface area contributed by atoms with Crippen molar-refractivity contribution < 1.29 is 19.1 Å². The van der Waals surface area contributed by atoms with Crippen LogP contribution < -0.4 is 14.9 Å². The summed E-state index contributed by atoms with van der Waals surface area (Å²) in [7, 11) is 0. The number of fused-ring (bicyclic) bond motifs is 1. The Kier molecular flexibility index (Phi) is 7.12. The van der Waals surface area contributed by atoms with Gasteiger partial charge in [-0.2, -0.15) is 5.10 Å². The highest BCUT2D eigenvalue weighted by Crippen LogP contribution is 2.27. The highest BCUT2D eigenvalue weighted by Gasteiger charge is 2.13. The molecule has 164 valence electrons. The molecule has 7 heteroatoms. The minimum atomic E-state index is -0.479. The van der Waals surface area contributed by atoms with Gasteiger partial charge in [0.25, 0.3) is 5.91 Å². The van der Waals surface area contributed by atoms with Gasteiger partial charge in [-0.3, -0.25) is 4.79 Å². The molecule has 0 unspecified atom stereocenters. The molecule has 33 heavy (non-hydrogen) atoms. The van der Waals surface area contributed by atoms with Gasteiger partial charge in [-0.15, -0.1) is 0 Å². The van der Waals surface area contributed by atoms with Gasteiger partial charge in [-0.05, 0) is 53.2 Å². The lowest BCUT2D eigenvalue weighted by Crippen LogP contribution is -2.24. The summed E-state index contributed by atoms with van der Waals surface area (Å²) >= 11 is 3.35. The predicted octanol–water partition coefficient (Wildman–Crippen LogP) is 5.35. The molecule has 0 saturated carbocycles. The summed E-state index contributed by atoms with van der Waals surface area (Å²) in [6, 6.07) is 27.1. The fraction of sp³-hybridized carbons (Fsp3) is 0.0385. The summed E-state index contributed by atoms with van der Waals surface area (Å²) in [4.78, 5) is 24.7. The van der Waals surface area contributed by atoms with Crippen molar-refractivity contribution in [1.29, 1.82) is 0 Å². The van der Waals surface area contributed by atoms with E-state index in [1.54, 1.807) is 42.5 Å². The van der Waals surface area contributed by atoms with Crippen LogP contribution in [0.4, 0.5) is 0 Å². The minimum Gasteiger partial charge on any atom is -0.484 e. The first kappa shape index (κ1) is 22.2. The fourth-order valence-electron chi connectivity index (χ4n) is 3.11. The quantitative estimate of drug-likeness (QED) is 0.160. The van der Waals surface area contributed by atoms with Crippen molar-refractivity contribution in [1.82, 2.24) is 5.43 Å². The van der Waals surface area contributed by atoms with Gasteiger partial charge in [0.1, 0.15) is 11.5 Å². The Morgan fingerprint density at radius 3 is 2.39 bits per heavy atom. The van der Waals surface area contributed by atoms with Crippen LogP contribution in [0.25, 0.3) is 10.8 Å². The second-order valence-electron chi connectivity index (χ2n) is 6.99. The molecule has 0 aliphatic heterocycles. The van der Waals surface area contributed by atoms with Crippen LogP contribution in [0.3, 0.4) is 0 Å². The monoisotopic (exact) mass is 502 g/mol. The third-order valence-corrected chi connectivity index (χ3v) is 5.24. The van der Waals surface area contributed by atoms with Crippen LogP contribution in [0.15, 0.2) is 101 Å². The number of hydrogen-bond acceptors (Lipinski definition) is 5. The highest BCUT2D eigenvalue weighted by molar-refractivity contribution is 9.10. The summed E-state index contributed by atoms with van der Waals surface area (Å²) in [6.07, 6.45) is 1.47. The molecular formula is C26H19BrN2O4. The van der Waals surface area contributed by atoms with Gasteiger partial charge in [0.2, 0.25) is 0 Å². The van der Waals surface area contributed by atoms with Crippen molar-refractivity contribution in [2.75, 3.05) is 6.61 Å². The van der Waals surface area contributed by atoms with E-state index in [0.29, 0.717) is 22.6 Å². The average molecular weight is 503 g/mol. The van der Waals surface area contributed by atoms with Crippen LogP contribution in [0.1, 0.15) is 15.9 Å². The number of carbonyl (C=O) groups is 2. The Balaban J connectivity index is 1.49. The maximum Gasteiger partial charge on any atom is 0.343 e. The van der Waals surface area contributed by atoms with Gasteiger partial charge < -0.3 is 9.47 Å². The molecule has 0 radical (unpaired) electrons. The molecule has 1 amide bonds. The van der Waals surface area contributed by atoms with Crippen molar-refractivity contribution in [2.24, 2.45) is 5.10 Å². The van der Waals surface area contributed by atoms with E-state index in [1.807, 2.05) is 48.5 Å². The molecule has 0 spiro atoms. The summed E-state index contributed by atoms with van der Waals surface area (Å²) < 4.78 is 12.0. The van der Waals surface area contributed by atoms with Crippen LogP contribution in [0.5, 0.6) is 11.5 Å². The smallest absolute Gasteiger partial charge is 0.343 e. The Morgan fingerprint density at radius 1 is 0.879 bits per heavy atom. The number of hydrogen-bond donors (Lipinski definition) is 1. The van der Waals surface area contributed by atoms with Crippen LogP contribution in [0.2, 0.25) is 0 Å². The Hall–Kier alpha value is -3.97. The zero-order valence-corrected chi connectivity index (χ0v) is 19.0. The maximum atomic E-state index is 12.6. The molecule has 4 aromatic rings. The number of ether oxygens (including phenoxy) is 2. The largest absolute Gasteiger partial charge is 0.484 e. The van der Waals surface area contributed by atoms with Crippen molar-refractivity contribution in [3.8, 4) is 11.5 Å². The summed E-state index contributed by atoms with van der Waals surface area (Å²) in [5.74, 6) is 0.0119. The summed E-state index contributed by atoms with van der Waals surface area (Å²) in [6.45, 7) is -0.190. The lowest BCUT2D eigenvalue weighted by atomic mass is 10.0. The number of halogens is 1. The first-order valence-corrected chi connectivity index (χ1v) is 10.9. The molecule has 0 aliphatic rings. The highest BCUT2D eigenvalue weighted by atomic mass is 79.9. The number of amides is 1. The molecule has 4 aromatic carbocycles. The molecule has 4 rings (SSSR count). The van der Waals surface area contributed by atoms with Crippen LogP contribution in [0, 0.1) is 0 Å². The molecule has 0 aliphatic carbocycles. The summed E-state index contributed by atoms with van der Waals surface area (Å²) in [5, 5.41) is 5.84. The standard InChI is InChI=1S/C26H19BrN2O4/c27-20-11-13-21(14-12-20)32-17-25(30)29-28-16-23-22-9-5-4-6-18(22)10-15-24(23)33-26(31)19-7-2-1-3-8-19/h1-16H,17H2,(H,29,30)/b28-16-. The Morgan fingerprint density at radius 2 is 1.61 bits per heavy atom. The number of hydrazone groups is 1. The average Bonchev–Trinajstić information content (AvgIpc) is 2.85. The van der Waals surface area contributed by atoms with Crippen LogP contribution >= 0.6 is 15.9 Å². The molecular weight excluding hydrogens is 484 g/mol. The Labute approximate surface area is 199 Å². The van der Waals surface area contributed by atoms with E-state index in [1.165, 1.54) is 6.21 Å². The lowest BCUT2D eigenvalue weighted by Gasteiger charge is -2.10. The van der Waals surface area contributed by atoms with E-state index in [9.17, 15) is 9.59 Å². The van der Waals surface area contributed by atoms with Gasteiger partial charge in [0, 0.05) is 10.0 Å². The molecule has 0 saturated heterocycles. The third-order valence-electron chi connectivity index (χ3n) is 4.71. The predicted molar refractivity (Wildman–Crippen MR) is 131 cm³/mol. The van der Waals surface area contributed by atoms with E-state index in [-0.39, 0.29) is 6.61 Å². The zero-order chi connectivity index (χ0) is 23.0. The van der Waals surface area contributed by atoms with E-state index in [4.69, 9.17) is 9.47 Å². The van der Waals surface area contributed by atoms with Crippen LogP contribution in [-0.4, -0.2) is 24.7 Å². The zero-order valence-electron chi connectivity index (χ0n) is 17.4. The number of carbonyl (C=O) groups excluding carboxylic acids is 2. The number of benzene rings is 4. The van der Waals surface area contributed by atoms with Gasteiger partial charge in [-0.1, -0.05) is 64.5 Å². The first-order chi connectivity index (χ1) is 16.1. The fourth-order valence-corrected chi connectivity index (χ4v) is 3.38. The SMILES string of the molecule is O=C(COc1ccc(Br)cc1)N/N=C\c1c(OC(=O)c2ccccc2)ccc2ccccc12. The number of esters is 1. The van der Waals surface area contributed by atoms with Gasteiger partial charge >= 0.3 is 5.97 Å². The molecule has 0 fully saturated rings. The van der Waals surface area contributed by atoms with Crippen molar-refractivity contribution in [2.45, 2.75) is 0 Å². The first-order valence-electron chi connectivity index (χ1n) is 10.1. The van der Waals surface area contributed by atoms with E-state index >= 15 is 0 Å². The molecule has 6 nitrogen and oxygen atoms in total. The lowest BCUT2D eigenvalue weighted by molar-refractivity contribution is -0.123. The third kappa shape index (κ3) is 5.84. The normalized spacial score (nSPS) is 10.8. The molecule has 1 N–H and O–H groups in total. The van der Waals surface area contributed by atoms with E-state index in [2.05, 4.69) is 26.5 Å². The topological polar surface area (TPSA) is 77.0 Å². The molecule has 0 bridgehead atoms. The van der Waals surface area contributed by atoms with E-state index in [0.717, 1.165) is 15.2 Å². The van der Waals surface area contributed by atoms with Crippen molar-refractivity contribution in [3.63, 3.8) is 0 Å². The molecule has 0 atom stereocenters. The van der Waals surface area contributed by atoms with Crippen molar-refractivity contribution in [3.05, 3.63) is 107 Å². The van der Waals surface area contributed by atoms with Crippen LogP contribution in [-0.2, 0) is 4.79 Å². The second-order valence-corrected chi connectivity index (χ2v) is 7.91. The summed E-state index contributed by atoms with van der Waals surface area (Å²) in [5.41, 5.74) is 3.46. The maximum absolute atomic E-state index is 12.6. The van der Waals surface area contributed by atoms with Crippen molar-refractivity contribution >= 4 is 44.8 Å². The number of nitrogens with one attached hydrogen (secondary N) is 1. The minimum absolute atomic E-state index is 0.190. The molecule has 0 aromatic heterocycles. The molecule has 0 heterocycles. The Bertz CT molecular complexity index is 1310. The van der Waals surface area contributed by atoms with E-state index < -0.39 is 11.9 Å². The number of rotatable bonds is 7. The number of nitrogens with zero attached hydrogens (tertiary/aromatic N) is 1. The van der Waals surface area contributed by atoms with Gasteiger partial charge in [0.05, 0.1) is 11.8 Å².